The van der Waals surface area contributed by atoms with Crippen LogP contribution in [0.3, 0.4) is 0 Å². The van der Waals surface area contributed by atoms with E-state index in [4.69, 9.17) is 0 Å². The van der Waals surface area contributed by atoms with Crippen molar-refractivity contribution < 1.29 is 14.5 Å². The number of carbonyl (C=O) groups excluding carboxylic acids is 2. The predicted octanol–water partition coefficient (Wildman–Crippen LogP) is 1.58. The topological polar surface area (TPSA) is 121 Å². The van der Waals surface area contributed by atoms with Gasteiger partial charge in [0.2, 0.25) is 5.91 Å². The van der Waals surface area contributed by atoms with Crippen molar-refractivity contribution in [3.05, 3.63) is 56.9 Å². The van der Waals surface area contributed by atoms with Gasteiger partial charge >= 0.3 is 0 Å². The van der Waals surface area contributed by atoms with E-state index in [-0.39, 0.29) is 36.5 Å². The normalized spacial score (nSPS) is 13.4. The summed E-state index contributed by atoms with van der Waals surface area (Å²) in [5.74, 6) is -0.498. The van der Waals surface area contributed by atoms with Gasteiger partial charge in [0.1, 0.15) is 0 Å². The van der Waals surface area contributed by atoms with E-state index in [9.17, 15) is 19.7 Å². The largest absolute Gasteiger partial charge is 0.348 e. The van der Waals surface area contributed by atoms with E-state index in [1.165, 1.54) is 6.07 Å². The van der Waals surface area contributed by atoms with Crippen molar-refractivity contribution >= 4 is 17.5 Å². The van der Waals surface area contributed by atoms with Gasteiger partial charge in [0.25, 0.3) is 11.6 Å². The molecule has 1 aliphatic heterocycles. The molecule has 1 aromatic carbocycles. The number of hydrogen-bond donors (Lipinski definition) is 2. The van der Waals surface area contributed by atoms with Gasteiger partial charge in [-0.3, -0.25) is 24.8 Å². The molecular formula is C18H21N5O4. The van der Waals surface area contributed by atoms with Crippen LogP contribution in [0.5, 0.6) is 0 Å². The van der Waals surface area contributed by atoms with Crippen LogP contribution in [0.4, 0.5) is 5.69 Å². The van der Waals surface area contributed by atoms with Crippen molar-refractivity contribution in [3.63, 3.8) is 0 Å². The number of H-pyrrole nitrogens is 1. The summed E-state index contributed by atoms with van der Waals surface area (Å²) in [6, 6.07) is 6.20. The van der Waals surface area contributed by atoms with Gasteiger partial charge in [0, 0.05) is 48.4 Å². The maximum Gasteiger partial charge on any atom is 0.273 e. The summed E-state index contributed by atoms with van der Waals surface area (Å²) in [4.78, 5) is 37.3. The van der Waals surface area contributed by atoms with Crippen LogP contribution in [-0.2, 0) is 24.2 Å². The molecule has 1 aliphatic rings. The number of fused-ring (bicyclic) bond motifs is 1. The van der Waals surface area contributed by atoms with E-state index >= 15 is 0 Å². The van der Waals surface area contributed by atoms with Gasteiger partial charge in [-0.05, 0) is 13.8 Å². The first-order valence-corrected chi connectivity index (χ1v) is 8.74. The Morgan fingerprint density at radius 3 is 2.81 bits per heavy atom. The summed E-state index contributed by atoms with van der Waals surface area (Å²) in [5, 5.41) is 20.9. The van der Waals surface area contributed by atoms with Crippen molar-refractivity contribution in [2.45, 2.75) is 39.3 Å². The molecule has 1 aromatic heterocycles. The van der Waals surface area contributed by atoms with Gasteiger partial charge < -0.3 is 10.2 Å². The maximum atomic E-state index is 12.7. The molecule has 3 rings (SSSR count). The SMILES string of the molecule is CC(C)NC(=O)c1n[nH]c2c1CN(C(=O)Cc1ccccc1[N+](=O)[O-])CC2. The fourth-order valence-corrected chi connectivity index (χ4v) is 3.14. The molecule has 2 heterocycles. The Labute approximate surface area is 155 Å². The first kappa shape index (κ1) is 18.6. The quantitative estimate of drug-likeness (QED) is 0.610. The number of aromatic nitrogens is 2. The van der Waals surface area contributed by atoms with Crippen molar-refractivity contribution in [1.82, 2.24) is 20.4 Å². The number of nitro benzene ring substituents is 1. The van der Waals surface area contributed by atoms with Crippen LogP contribution in [0.15, 0.2) is 24.3 Å². The molecular weight excluding hydrogens is 350 g/mol. The first-order valence-electron chi connectivity index (χ1n) is 8.74. The number of nitrogens with one attached hydrogen (secondary N) is 2. The minimum atomic E-state index is -0.485. The highest BCUT2D eigenvalue weighted by Crippen LogP contribution is 2.23. The molecule has 0 atom stereocenters. The Hall–Kier alpha value is -3.23. The number of carbonyl (C=O) groups is 2. The Bertz CT molecular complexity index is 890. The van der Waals surface area contributed by atoms with E-state index in [0.29, 0.717) is 29.8 Å². The fraction of sp³-hybridized carbons (Fsp3) is 0.389. The molecule has 9 nitrogen and oxygen atoms in total. The standard InChI is InChI=1S/C18H21N5O4/c1-11(2)19-18(25)17-13-10-22(8-7-14(13)20-21-17)16(24)9-12-5-3-4-6-15(12)23(26)27/h3-6,11H,7-10H2,1-2H3,(H,19,25)(H,20,21). The summed E-state index contributed by atoms with van der Waals surface area (Å²) in [7, 11) is 0. The number of benzene rings is 1. The summed E-state index contributed by atoms with van der Waals surface area (Å²) >= 11 is 0. The second kappa shape index (κ2) is 7.56. The van der Waals surface area contributed by atoms with Crippen molar-refractivity contribution in [1.29, 1.82) is 0 Å². The summed E-state index contributed by atoms with van der Waals surface area (Å²) in [6.45, 7) is 4.45. The zero-order valence-corrected chi connectivity index (χ0v) is 15.2. The molecule has 0 radical (unpaired) electrons. The minimum Gasteiger partial charge on any atom is -0.348 e. The lowest BCUT2D eigenvalue weighted by Gasteiger charge is -2.27. The summed E-state index contributed by atoms with van der Waals surface area (Å²) < 4.78 is 0. The zero-order chi connectivity index (χ0) is 19.6. The number of nitro groups is 1. The fourth-order valence-electron chi connectivity index (χ4n) is 3.14. The molecule has 0 fully saturated rings. The number of aromatic amines is 1. The lowest BCUT2D eigenvalue weighted by molar-refractivity contribution is -0.385. The molecule has 0 saturated carbocycles. The van der Waals surface area contributed by atoms with Crippen LogP contribution < -0.4 is 5.32 Å². The predicted molar refractivity (Wildman–Crippen MR) is 97.1 cm³/mol. The van der Waals surface area contributed by atoms with Crippen LogP contribution >= 0.6 is 0 Å². The molecule has 0 aliphatic carbocycles. The molecule has 2 amide bonds. The van der Waals surface area contributed by atoms with E-state index < -0.39 is 4.92 Å². The molecule has 0 spiro atoms. The first-order chi connectivity index (χ1) is 12.9. The molecule has 27 heavy (non-hydrogen) atoms. The number of amides is 2. The molecule has 142 valence electrons. The smallest absolute Gasteiger partial charge is 0.273 e. The Morgan fingerprint density at radius 2 is 2.11 bits per heavy atom. The van der Waals surface area contributed by atoms with Gasteiger partial charge in [-0.15, -0.1) is 0 Å². The second-order valence-corrected chi connectivity index (χ2v) is 6.79. The van der Waals surface area contributed by atoms with Crippen molar-refractivity contribution in [2.24, 2.45) is 0 Å². The van der Waals surface area contributed by atoms with Crippen LogP contribution in [0.25, 0.3) is 0 Å². The van der Waals surface area contributed by atoms with Gasteiger partial charge in [0.15, 0.2) is 5.69 Å². The van der Waals surface area contributed by atoms with Gasteiger partial charge in [0.05, 0.1) is 11.3 Å². The van der Waals surface area contributed by atoms with Crippen LogP contribution in [0, 0.1) is 10.1 Å². The van der Waals surface area contributed by atoms with Gasteiger partial charge in [-0.1, -0.05) is 18.2 Å². The summed E-state index contributed by atoms with van der Waals surface area (Å²) in [5.41, 5.74) is 2.16. The Balaban J connectivity index is 1.76. The third-order valence-electron chi connectivity index (χ3n) is 4.45. The Morgan fingerprint density at radius 1 is 1.37 bits per heavy atom. The molecule has 9 heteroatoms. The third-order valence-corrected chi connectivity index (χ3v) is 4.45. The third kappa shape index (κ3) is 3.97. The second-order valence-electron chi connectivity index (χ2n) is 6.79. The van der Waals surface area contributed by atoms with Gasteiger partial charge in [-0.25, -0.2) is 0 Å². The van der Waals surface area contributed by atoms with E-state index in [2.05, 4.69) is 15.5 Å². The molecule has 2 N–H and O–H groups in total. The molecule has 2 aromatic rings. The molecule has 0 saturated heterocycles. The monoisotopic (exact) mass is 371 g/mol. The lowest BCUT2D eigenvalue weighted by atomic mass is 10.0. The van der Waals surface area contributed by atoms with Gasteiger partial charge in [-0.2, -0.15) is 5.10 Å². The van der Waals surface area contributed by atoms with Crippen molar-refractivity contribution in [3.8, 4) is 0 Å². The van der Waals surface area contributed by atoms with E-state index in [1.54, 1.807) is 23.1 Å². The van der Waals surface area contributed by atoms with E-state index in [0.717, 1.165) is 5.69 Å². The number of para-hydroxylation sites is 1. The average molecular weight is 371 g/mol. The Kier molecular flexibility index (Phi) is 5.20. The van der Waals surface area contributed by atoms with Crippen LogP contribution in [0.1, 0.15) is 41.2 Å². The highest BCUT2D eigenvalue weighted by atomic mass is 16.6. The maximum absolute atomic E-state index is 12.7. The zero-order valence-electron chi connectivity index (χ0n) is 15.2. The highest BCUT2D eigenvalue weighted by Gasteiger charge is 2.28. The van der Waals surface area contributed by atoms with Crippen molar-refractivity contribution in [2.75, 3.05) is 6.54 Å². The van der Waals surface area contributed by atoms with E-state index in [1.807, 2.05) is 13.8 Å². The average Bonchev–Trinajstić information content (AvgIpc) is 3.04. The van der Waals surface area contributed by atoms with Crippen LogP contribution in [-0.4, -0.2) is 44.4 Å². The lowest BCUT2D eigenvalue weighted by Crippen LogP contribution is -2.38. The number of rotatable bonds is 5. The molecule has 0 bridgehead atoms. The highest BCUT2D eigenvalue weighted by molar-refractivity contribution is 5.94. The number of nitrogens with zero attached hydrogens (tertiary/aromatic N) is 3. The minimum absolute atomic E-state index is 0.0233. The van der Waals surface area contributed by atoms with Crippen LogP contribution in [0.2, 0.25) is 0 Å². The summed E-state index contributed by atoms with van der Waals surface area (Å²) in [6.07, 6.45) is 0.498. The molecule has 0 unspecified atom stereocenters. The number of hydrogen-bond acceptors (Lipinski definition) is 5.